The molecule has 2 fully saturated rings. The van der Waals surface area contributed by atoms with Crippen LogP contribution in [0.1, 0.15) is 17.9 Å². The van der Waals surface area contributed by atoms with Crippen LogP contribution in [0, 0.1) is 25.7 Å². The summed E-state index contributed by atoms with van der Waals surface area (Å²) in [6, 6.07) is 1.93. The van der Waals surface area contributed by atoms with Crippen molar-refractivity contribution in [3.8, 4) is 5.88 Å². The number of ether oxygens (including phenoxy) is 1. The molecule has 1 aromatic rings. The molecule has 1 aromatic heterocycles. The van der Waals surface area contributed by atoms with Crippen molar-refractivity contribution >= 4 is 12.4 Å². The fraction of sp³-hybridized carbons (Fsp3) is 0.667. The molecule has 1 N–H and O–H groups in total. The normalized spacial score (nSPS) is 30.1. The minimum Gasteiger partial charge on any atom is -0.474 e. The Balaban J connectivity index is 0.00000108. The zero-order valence-electron chi connectivity index (χ0n) is 10.1. The summed E-state index contributed by atoms with van der Waals surface area (Å²) in [7, 11) is 0. The van der Waals surface area contributed by atoms with E-state index < -0.39 is 0 Å². The van der Waals surface area contributed by atoms with Crippen molar-refractivity contribution in [1.82, 2.24) is 15.3 Å². The van der Waals surface area contributed by atoms with Crippen molar-refractivity contribution in [2.75, 3.05) is 13.1 Å². The highest BCUT2D eigenvalue weighted by atomic mass is 35.5. The molecule has 3 rings (SSSR count). The predicted octanol–water partition coefficient (Wildman–Crippen LogP) is 1.50. The summed E-state index contributed by atoms with van der Waals surface area (Å²) >= 11 is 0. The molecule has 2 heterocycles. The Bertz CT molecular complexity index is 378. The number of hydrogen-bond donors (Lipinski definition) is 1. The second kappa shape index (κ2) is 4.78. The number of aryl methyl sites for hydroxylation is 2. The molecule has 0 aromatic carbocycles. The standard InChI is InChI=1S/C12H17N3O.ClH/c1-7-3-11(15-8(2)14-7)16-12-9-4-10(12)6-13-5-9;/h3,9-10,12-13H,4-6H2,1-2H3;1H/t9-,10+,12?;. The molecular formula is C12H18ClN3O. The third-order valence-corrected chi connectivity index (χ3v) is 3.55. The van der Waals surface area contributed by atoms with Gasteiger partial charge in [0.15, 0.2) is 0 Å². The van der Waals surface area contributed by atoms with Crippen LogP contribution in [0.4, 0.5) is 0 Å². The lowest BCUT2D eigenvalue weighted by Crippen LogP contribution is -2.59. The first-order chi connectivity index (χ1) is 7.72. The Labute approximate surface area is 108 Å². The fourth-order valence-electron chi connectivity index (χ4n) is 2.77. The maximum Gasteiger partial charge on any atom is 0.217 e. The summed E-state index contributed by atoms with van der Waals surface area (Å²) in [5.41, 5.74) is 0.977. The number of nitrogens with one attached hydrogen (secondary N) is 1. The van der Waals surface area contributed by atoms with Gasteiger partial charge in [-0.3, -0.25) is 0 Å². The largest absolute Gasteiger partial charge is 0.474 e. The minimum atomic E-state index is 0. The molecule has 94 valence electrons. The number of aromatic nitrogens is 2. The lowest BCUT2D eigenvalue weighted by atomic mass is 9.69. The van der Waals surface area contributed by atoms with E-state index in [1.54, 1.807) is 0 Å². The van der Waals surface area contributed by atoms with Gasteiger partial charge in [-0.1, -0.05) is 0 Å². The Morgan fingerprint density at radius 1 is 1.24 bits per heavy atom. The SMILES string of the molecule is Cc1cc(OC2[C@@H]3CNC[C@H]2C3)nc(C)n1.Cl. The quantitative estimate of drug-likeness (QED) is 0.870. The van der Waals surface area contributed by atoms with Gasteiger partial charge < -0.3 is 10.1 Å². The Kier molecular flexibility index (Phi) is 3.54. The van der Waals surface area contributed by atoms with Crippen LogP contribution >= 0.6 is 12.4 Å². The van der Waals surface area contributed by atoms with Gasteiger partial charge in [0.1, 0.15) is 11.9 Å². The molecule has 0 radical (unpaired) electrons. The van der Waals surface area contributed by atoms with E-state index >= 15 is 0 Å². The maximum absolute atomic E-state index is 5.99. The van der Waals surface area contributed by atoms with E-state index in [0.717, 1.165) is 30.5 Å². The lowest BCUT2D eigenvalue weighted by Gasteiger charge is -2.48. The van der Waals surface area contributed by atoms with Crippen molar-refractivity contribution in [2.24, 2.45) is 11.8 Å². The summed E-state index contributed by atoms with van der Waals surface area (Å²) in [4.78, 5) is 8.58. The molecule has 1 aliphatic heterocycles. The predicted molar refractivity (Wildman–Crippen MR) is 67.6 cm³/mol. The molecule has 5 heteroatoms. The second-order valence-corrected chi connectivity index (χ2v) is 4.89. The van der Waals surface area contributed by atoms with Crippen molar-refractivity contribution < 1.29 is 4.74 Å². The second-order valence-electron chi connectivity index (χ2n) is 4.89. The fourth-order valence-corrected chi connectivity index (χ4v) is 2.77. The average molecular weight is 256 g/mol. The number of hydrogen-bond acceptors (Lipinski definition) is 4. The van der Waals surface area contributed by atoms with Gasteiger partial charge in [-0.05, 0) is 20.3 Å². The molecule has 1 unspecified atom stereocenters. The average Bonchev–Trinajstić information content (AvgIpc) is 2.25. The van der Waals surface area contributed by atoms with E-state index in [-0.39, 0.29) is 12.4 Å². The van der Waals surface area contributed by atoms with Crippen molar-refractivity contribution in [3.05, 3.63) is 17.6 Å². The van der Waals surface area contributed by atoms with Crippen LogP contribution in [-0.2, 0) is 0 Å². The van der Waals surface area contributed by atoms with Crippen LogP contribution in [0.25, 0.3) is 0 Å². The molecule has 2 bridgehead atoms. The van der Waals surface area contributed by atoms with Crippen LogP contribution in [0.3, 0.4) is 0 Å². The summed E-state index contributed by atoms with van der Waals surface area (Å²) in [6.45, 7) is 6.06. The minimum absolute atomic E-state index is 0. The van der Waals surface area contributed by atoms with Crippen LogP contribution in [0.15, 0.2) is 6.07 Å². The summed E-state index contributed by atoms with van der Waals surface area (Å²) in [5.74, 6) is 2.88. The molecular weight excluding hydrogens is 238 g/mol. The topological polar surface area (TPSA) is 47.0 Å². The lowest BCUT2D eigenvalue weighted by molar-refractivity contribution is -0.0471. The number of halogens is 1. The van der Waals surface area contributed by atoms with E-state index in [1.807, 2.05) is 19.9 Å². The van der Waals surface area contributed by atoms with E-state index in [2.05, 4.69) is 15.3 Å². The van der Waals surface area contributed by atoms with Crippen molar-refractivity contribution in [2.45, 2.75) is 26.4 Å². The molecule has 1 aliphatic carbocycles. The number of piperidine rings is 2. The van der Waals surface area contributed by atoms with Crippen LogP contribution in [0.5, 0.6) is 5.88 Å². The molecule has 1 saturated heterocycles. The third-order valence-electron chi connectivity index (χ3n) is 3.55. The Morgan fingerprint density at radius 2 is 1.94 bits per heavy atom. The van der Waals surface area contributed by atoms with Crippen molar-refractivity contribution in [3.63, 3.8) is 0 Å². The molecule has 4 nitrogen and oxygen atoms in total. The van der Waals surface area contributed by atoms with Gasteiger partial charge in [0.2, 0.25) is 5.88 Å². The van der Waals surface area contributed by atoms with E-state index in [1.165, 1.54) is 6.42 Å². The van der Waals surface area contributed by atoms with Crippen LogP contribution < -0.4 is 10.1 Å². The number of nitrogens with zero attached hydrogens (tertiary/aromatic N) is 2. The van der Waals surface area contributed by atoms with Gasteiger partial charge in [-0.2, -0.15) is 4.98 Å². The first-order valence-electron chi connectivity index (χ1n) is 5.92. The highest BCUT2D eigenvalue weighted by Gasteiger charge is 2.45. The van der Waals surface area contributed by atoms with Gasteiger partial charge in [0, 0.05) is 36.7 Å². The number of fused-ring (bicyclic) bond motifs is 2. The molecule has 2 aliphatic rings. The summed E-state index contributed by atoms with van der Waals surface area (Å²) in [5, 5.41) is 3.41. The molecule has 17 heavy (non-hydrogen) atoms. The van der Waals surface area contributed by atoms with Crippen molar-refractivity contribution in [1.29, 1.82) is 0 Å². The Hall–Kier alpha value is -0.870. The van der Waals surface area contributed by atoms with Crippen LogP contribution in [0.2, 0.25) is 0 Å². The van der Waals surface area contributed by atoms with E-state index in [4.69, 9.17) is 4.74 Å². The monoisotopic (exact) mass is 255 g/mol. The van der Waals surface area contributed by atoms with Crippen LogP contribution in [-0.4, -0.2) is 29.2 Å². The summed E-state index contributed by atoms with van der Waals surface area (Å²) < 4.78 is 5.99. The van der Waals surface area contributed by atoms with Gasteiger partial charge >= 0.3 is 0 Å². The first-order valence-corrected chi connectivity index (χ1v) is 5.92. The molecule has 1 saturated carbocycles. The highest BCUT2D eigenvalue weighted by Crippen LogP contribution is 2.39. The van der Waals surface area contributed by atoms with Gasteiger partial charge in [-0.25, -0.2) is 4.98 Å². The van der Waals surface area contributed by atoms with Gasteiger partial charge in [0.25, 0.3) is 0 Å². The zero-order chi connectivity index (χ0) is 11.1. The maximum atomic E-state index is 5.99. The highest BCUT2D eigenvalue weighted by molar-refractivity contribution is 5.85. The smallest absolute Gasteiger partial charge is 0.217 e. The van der Waals surface area contributed by atoms with E-state index in [0.29, 0.717) is 17.9 Å². The van der Waals surface area contributed by atoms with Gasteiger partial charge in [-0.15, -0.1) is 12.4 Å². The molecule has 0 spiro atoms. The Morgan fingerprint density at radius 3 is 2.53 bits per heavy atom. The summed E-state index contributed by atoms with van der Waals surface area (Å²) in [6.07, 6.45) is 1.68. The molecule has 3 atom stereocenters. The van der Waals surface area contributed by atoms with Gasteiger partial charge in [0.05, 0.1) is 0 Å². The number of rotatable bonds is 2. The van der Waals surface area contributed by atoms with E-state index in [9.17, 15) is 0 Å². The third kappa shape index (κ3) is 2.38. The first kappa shape index (κ1) is 12.6. The zero-order valence-corrected chi connectivity index (χ0v) is 11.0. The molecule has 0 amide bonds.